The van der Waals surface area contributed by atoms with Gasteiger partial charge < -0.3 is 25.0 Å². The lowest BCUT2D eigenvalue weighted by atomic mass is 9.97. The number of carbonyl (C=O) groups is 2. The summed E-state index contributed by atoms with van der Waals surface area (Å²) >= 11 is 1.33. The van der Waals surface area contributed by atoms with Crippen LogP contribution in [0.3, 0.4) is 0 Å². The maximum atomic E-state index is 12.4. The van der Waals surface area contributed by atoms with Gasteiger partial charge in [0, 0.05) is 30.9 Å². The normalized spacial score (nSPS) is 19.6. The number of amides is 2. The van der Waals surface area contributed by atoms with E-state index >= 15 is 0 Å². The van der Waals surface area contributed by atoms with Crippen LogP contribution in [-0.4, -0.2) is 60.1 Å². The van der Waals surface area contributed by atoms with Crippen molar-refractivity contribution in [3.05, 3.63) is 30.3 Å². The third-order valence-electron chi connectivity index (χ3n) is 5.84. The van der Waals surface area contributed by atoms with Gasteiger partial charge in [-0.3, -0.25) is 9.59 Å². The Balaban J connectivity index is 1.11. The minimum absolute atomic E-state index is 0.000505. The molecule has 0 bridgehead atoms. The highest BCUT2D eigenvalue weighted by atomic mass is 32.2. The van der Waals surface area contributed by atoms with E-state index in [2.05, 4.69) is 25.7 Å². The highest BCUT2D eigenvalue weighted by molar-refractivity contribution is 7.99. The van der Waals surface area contributed by atoms with E-state index in [0.29, 0.717) is 48.0 Å². The predicted molar refractivity (Wildman–Crippen MR) is 125 cm³/mol. The van der Waals surface area contributed by atoms with Gasteiger partial charge in [0.25, 0.3) is 0 Å². The second-order valence-electron chi connectivity index (χ2n) is 8.49. The SMILES string of the molecule is O=C(CSc1ccc(N2CCC[C@@H](C(=O)NC3CC3)C2)nn1)Nc1ccc2c(c1)OCCO2. The molecule has 2 N–H and O–H groups in total. The third kappa shape index (κ3) is 5.68. The molecular formula is C23H27N5O4S. The number of thioether (sulfide) groups is 1. The predicted octanol–water partition coefficient (Wildman–Crippen LogP) is 2.47. The number of piperidine rings is 1. The largest absolute Gasteiger partial charge is 0.486 e. The molecule has 174 valence electrons. The molecule has 2 aliphatic heterocycles. The number of fused-ring (bicyclic) bond motifs is 1. The molecule has 33 heavy (non-hydrogen) atoms. The van der Waals surface area contributed by atoms with Crippen molar-refractivity contribution in [1.82, 2.24) is 15.5 Å². The highest BCUT2D eigenvalue weighted by Gasteiger charge is 2.31. The second kappa shape index (κ2) is 9.86. The minimum atomic E-state index is -0.136. The Bertz CT molecular complexity index is 1010. The van der Waals surface area contributed by atoms with Gasteiger partial charge in [0.1, 0.15) is 18.2 Å². The van der Waals surface area contributed by atoms with E-state index in [4.69, 9.17) is 9.47 Å². The van der Waals surface area contributed by atoms with Gasteiger partial charge in [0.05, 0.1) is 11.7 Å². The molecule has 1 atom stereocenters. The number of nitrogens with one attached hydrogen (secondary N) is 2. The molecule has 3 heterocycles. The smallest absolute Gasteiger partial charge is 0.234 e. The minimum Gasteiger partial charge on any atom is -0.486 e. The number of ether oxygens (including phenoxy) is 2. The zero-order chi connectivity index (χ0) is 22.6. The fraction of sp³-hybridized carbons (Fsp3) is 0.478. The zero-order valence-corrected chi connectivity index (χ0v) is 19.1. The standard InChI is InChI=1S/C23H27N5O4S/c29-21(24-17-5-6-18-19(12-17)32-11-10-31-18)14-33-22-8-7-20(26-27-22)28-9-1-2-15(13-28)23(30)25-16-3-4-16/h5-8,12,15-16H,1-4,9-11,13-14H2,(H,24,29)(H,25,30)/t15-/m1/s1. The van der Waals surface area contributed by atoms with E-state index in [9.17, 15) is 9.59 Å². The quantitative estimate of drug-likeness (QED) is 0.596. The molecule has 9 nitrogen and oxygen atoms in total. The fourth-order valence-electron chi connectivity index (χ4n) is 3.96. The van der Waals surface area contributed by atoms with Crippen molar-refractivity contribution in [2.75, 3.05) is 42.3 Å². The number of hydrogen-bond donors (Lipinski definition) is 2. The monoisotopic (exact) mass is 469 g/mol. The average Bonchev–Trinajstić information content (AvgIpc) is 3.67. The van der Waals surface area contributed by atoms with Crippen molar-refractivity contribution < 1.29 is 19.1 Å². The fourth-order valence-corrected chi connectivity index (χ4v) is 4.58. The van der Waals surface area contributed by atoms with E-state index in [1.165, 1.54) is 11.8 Å². The lowest BCUT2D eigenvalue weighted by Crippen LogP contribution is -2.44. The van der Waals surface area contributed by atoms with Gasteiger partial charge in [-0.05, 0) is 49.9 Å². The third-order valence-corrected chi connectivity index (χ3v) is 6.76. The van der Waals surface area contributed by atoms with E-state index in [0.717, 1.165) is 38.0 Å². The van der Waals surface area contributed by atoms with Gasteiger partial charge in [0.2, 0.25) is 11.8 Å². The van der Waals surface area contributed by atoms with Crippen molar-refractivity contribution in [2.24, 2.45) is 5.92 Å². The van der Waals surface area contributed by atoms with Crippen molar-refractivity contribution in [1.29, 1.82) is 0 Å². The number of benzene rings is 1. The lowest BCUT2D eigenvalue weighted by Gasteiger charge is -2.32. The Labute approximate surface area is 196 Å². The van der Waals surface area contributed by atoms with Crippen LogP contribution >= 0.6 is 11.8 Å². The molecule has 2 aromatic rings. The maximum Gasteiger partial charge on any atom is 0.234 e. The molecule has 1 saturated carbocycles. The molecule has 2 amide bonds. The highest BCUT2D eigenvalue weighted by Crippen LogP contribution is 2.32. The average molecular weight is 470 g/mol. The number of hydrogen-bond acceptors (Lipinski definition) is 8. The van der Waals surface area contributed by atoms with Crippen LogP contribution in [-0.2, 0) is 9.59 Å². The number of carbonyl (C=O) groups excluding carboxylic acids is 2. The molecule has 1 aliphatic carbocycles. The molecule has 0 spiro atoms. The Morgan fingerprint density at radius 2 is 1.91 bits per heavy atom. The van der Waals surface area contributed by atoms with Gasteiger partial charge >= 0.3 is 0 Å². The topological polar surface area (TPSA) is 106 Å². The number of nitrogens with zero attached hydrogens (tertiary/aromatic N) is 3. The van der Waals surface area contributed by atoms with Gasteiger partial charge in [-0.25, -0.2) is 0 Å². The Morgan fingerprint density at radius 1 is 1.06 bits per heavy atom. The van der Waals surface area contributed by atoms with Crippen LogP contribution in [0.2, 0.25) is 0 Å². The molecular weight excluding hydrogens is 442 g/mol. The second-order valence-corrected chi connectivity index (χ2v) is 9.49. The van der Waals surface area contributed by atoms with Crippen LogP contribution in [0.15, 0.2) is 35.4 Å². The molecule has 2 fully saturated rings. The molecule has 1 aromatic heterocycles. The van der Waals surface area contributed by atoms with Crippen LogP contribution in [0.4, 0.5) is 11.5 Å². The van der Waals surface area contributed by atoms with Crippen LogP contribution in [0.1, 0.15) is 25.7 Å². The summed E-state index contributed by atoms with van der Waals surface area (Å²) in [5.74, 6) is 2.33. The summed E-state index contributed by atoms with van der Waals surface area (Å²) in [6.45, 7) is 2.56. The summed E-state index contributed by atoms with van der Waals surface area (Å²) in [5, 5.41) is 15.3. The first-order valence-corrected chi connectivity index (χ1v) is 12.3. The Kier molecular flexibility index (Phi) is 6.52. The first kappa shape index (κ1) is 21.8. The van der Waals surface area contributed by atoms with Gasteiger partial charge in [-0.2, -0.15) is 0 Å². The molecule has 10 heteroatoms. The first-order chi connectivity index (χ1) is 16.1. The summed E-state index contributed by atoms with van der Waals surface area (Å²) < 4.78 is 11.0. The summed E-state index contributed by atoms with van der Waals surface area (Å²) in [7, 11) is 0. The summed E-state index contributed by atoms with van der Waals surface area (Å²) in [4.78, 5) is 26.9. The summed E-state index contributed by atoms with van der Waals surface area (Å²) in [6, 6.07) is 9.52. The number of rotatable bonds is 7. The lowest BCUT2D eigenvalue weighted by molar-refractivity contribution is -0.125. The Hall–Kier alpha value is -3.01. The van der Waals surface area contributed by atoms with Gasteiger partial charge in [-0.1, -0.05) is 11.8 Å². The van der Waals surface area contributed by atoms with Crippen LogP contribution < -0.4 is 25.0 Å². The van der Waals surface area contributed by atoms with Crippen molar-refractivity contribution in [2.45, 2.75) is 36.8 Å². The Morgan fingerprint density at radius 3 is 2.70 bits per heavy atom. The molecule has 3 aliphatic rings. The summed E-state index contributed by atoms with van der Waals surface area (Å²) in [6.07, 6.45) is 4.07. The molecule has 1 saturated heterocycles. The van der Waals surface area contributed by atoms with E-state index in [1.54, 1.807) is 18.2 Å². The molecule has 1 aromatic carbocycles. The number of anilines is 2. The van der Waals surface area contributed by atoms with Gasteiger partial charge in [0.15, 0.2) is 17.3 Å². The van der Waals surface area contributed by atoms with Crippen LogP contribution in [0.5, 0.6) is 11.5 Å². The maximum absolute atomic E-state index is 12.4. The molecule has 5 rings (SSSR count). The van der Waals surface area contributed by atoms with Crippen molar-refractivity contribution >= 4 is 35.1 Å². The van der Waals surface area contributed by atoms with Gasteiger partial charge in [-0.15, -0.1) is 10.2 Å². The summed E-state index contributed by atoms with van der Waals surface area (Å²) in [5.41, 5.74) is 0.664. The van der Waals surface area contributed by atoms with Crippen LogP contribution in [0, 0.1) is 5.92 Å². The van der Waals surface area contributed by atoms with E-state index < -0.39 is 0 Å². The van der Waals surface area contributed by atoms with Crippen LogP contribution in [0.25, 0.3) is 0 Å². The van der Waals surface area contributed by atoms with E-state index in [1.807, 2.05) is 12.1 Å². The van der Waals surface area contributed by atoms with Crippen molar-refractivity contribution in [3.8, 4) is 11.5 Å². The van der Waals surface area contributed by atoms with E-state index in [-0.39, 0.29) is 23.5 Å². The van der Waals surface area contributed by atoms with Crippen molar-refractivity contribution in [3.63, 3.8) is 0 Å². The first-order valence-electron chi connectivity index (χ1n) is 11.4. The zero-order valence-electron chi connectivity index (χ0n) is 18.3. The molecule has 0 unspecified atom stereocenters. The number of aromatic nitrogens is 2. The molecule has 0 radical (unpaired) electrons.